The number of aromatic nitrogens is 2. The van der Waals surface area contributed by atoms with E-state index in [4.69, 9.17) is 0 Å². The fraction of sp³-hybridized carbons (Fsp3) is 0.167. The van der Waals surface area contributed by atoms with Crippen molar-refractivity contribution in [3.63, 3.8) is 0 Å². The molecule has 1 amide bonds. The molecule has 0 aromatic carbocycles. The van der Waals surface area contributed by atoms with Gasteiger partial charge in [0.15, 0.2) is 5.78 Å². The van der Waals surface area contributed by atoms with E-state index in [0.29, 0.717) is 17.8 Å². The van der Waals surface area contributed by atoms with Crippen LogP contribution in [0.1, 0.15) is 33.5 Å². The predicted molar refractivity (Wildman–Crippen MR) is 62.8 cm³/mol. The molecule has 0 aliphatic heterocycles. The molecule has 0 aliphatic carbocycles. The lowest BCUT2D eigenvalue weighted by molar-refractivity contribution is 0.0946. The minimum atomic E-state index is -0.230. The number of aromatic amines is 2. The fourth-order valence-corrected chi connectivity index (χ4v) is 1.48. The van der Waals surface area contributed by atoms with Crippen LogP contribution in [0.4, 0.5) is 0 Å². The van der Waals surface area contributed by atoms with Crippen molar-refractivity contribution in [2.75, 3.05) is 0 Å². The van der Waals surface area contributed by atoms with E-state index in [-0.39, 0.29) is 11.7 Å². The number of carbonyl (C=O) groups excluding carboxylic acids is 2. The predicted octanol–water partition coefficient (Wildman–Crippen LogP) is 1.48. The number of rotatable bonds is 4. The van der Waals surface area contributed by atoms with Crippen LogP contribution in [-0.2, 0) is 6.54 Å². The third-order valence-corrected chi connectivity index (χ3v) is 2.44. The molecule has 2 aromatic heterocycles. The molecule has 0 radical (unpaired) electrons. The second-order valence-corrected chi connectivity index (χ2v) is 3.74. The molecule has 3 N–H and O–H groups in total. The van der Waals surface area contributed by atoms with E-state index >= 15 is 0 Å². The first-order chi connectivity index (χ1) is 8.16. The summed E-state index contributed by atoms with van der Waals surface area (Å²) >= 11 is 0. The van der Waals surface area contributed by atoms with Crippen LogP contribution in [0.5, 0.6) is 0 Å². The van der Waals surface area contributed by atoms with Crippen LogP contribution in [0.25, 0.3) is 0 Å². The number of Topliss-reactive ketones (excluding diaryl/α,β-unsaturated/α-hetero) is 1. The quantitative estimate of drug-likeness (QED) is 0.697. The second-order valence-electron chi connectivity index (χ2n) is 3.74. The average molecular weight is 231 g/mol. The van der Waals surface area contributed by atoms with Gasteiger partial charge in [-0.25, -0.2) is 0 Å². The minimum Gasteiger partial charge on any atom is -0.364 e. The van der Waals surface area contributed by atoms with E-state index < -0.39 is 0 Å². The lowest BCUT2D eigenvalue weighted by Crippen LogP contribution is -2.23. The van der Waals surface area contributed by atoms with Gasteiger partial charge in [0.05, 0.1) is 6.54 Å². The van der Waals surface area contributed by atoms with Gasteiger partial charge in [0.25, 0.3) is 5.91 Å². The van der Waals surface area contributed by atoms with Crippen molar-refractivity contribution in [3.05, 3.63) is 47.5 Å². The Morgan fingerprint density at radius 2 is 2.18 bits per heavy atom. The molecule has 2 aromatic rings. The maximum atomic E-state index is 11.7. The number of nitrogens with one attached hydrogen (secondary N) is 3. The van der Waals surface area contributed by atoms with Crippen molar-refractivity contribution in [3.8, 4) is 0 Å². The Morgan fingerprint density at radius 3 is 2.76 bits per heavy atom. The van der Waals surface area contributed by atoms with E-state index in [2.05, 4.69) is 15.3 Å². The van der Waals surface area contributed by atoms with Gasteiger partial charge in [-0.05, 0) is 25.1 Å². The maximum absolute atomic E-state index is 11.7. The lowest BCUT2D eigenvalue weighted by Gasteiger charge is -2.01. The van der Waals surface area contributed by atoms with Gasteiger partial charge in [-0.2, -0.15) is 0 Å². The van der Waals surface area contributed by atoms with Crippen LogP contribution in [-0.4, -0.2) is 21.7 Å². The van der Waals surface area contributed by atoms with Gasteiger partial charge in [-0.1, -0.05) is 0 Å². The van der Waals surface area contributed by atoms with Gasteiger partial charge in [-0.15, -0.1) is 0 Å². The second kappa shape index (κ2) is 4.69. The molecule has 88 valence electrons. The normalized spacial score (nSPS) is 10.2. The van der Waals surface area contributed by atoms with E-state index in [0.717, 1.165) is 5.69 Å². The Bertz CT molecular complexity index is 526. The van der Waals surface area contributed by atoms with E-state index in [1.54, 1.807) is 12.3 Å². The number of hydrogen-bond donors (Lipinski definition) is 3. The van der Waals surface area contributed by atoms with Crippen LogP contribution in [0.3, 0.4) is 0 Å². The van der Waals surface area contributed by atoms with Crippen LogP contribution in [0.2, 0.25) is 0 Å². The molecule has 0 bridgehead atoms. The highest BCUT2D eigenvalue weighted by molar-refractivity contribution is 5.98. The monoisotopic (exact) mass is 231 g/mol. The molecule has 17 heavy (non-hydrogen) atoms. The SMILES string of the molecule is CC(=O)c1c[nH]c(C(=O)NCc2ccc[nH]2)c1. The zero-order valence-corrected chi connectivity index (χ0v) is 9.41. The maximum Gasteiger partial charge on any atom is 0.268 e. The molecule has 0 spiro atoms. The van der Waals surface area contributed by atoms with E-state index in [1.165, 1.54) is 13.1 Å². The molecule has 2 rings (SSSR count). The molecule has 0 atom stereocenters. The third-order valence-electron chi connectivity index (χ3n) is 2.44. The van der Waals surface area contributed by atoms with Crippen molar-refractivity contribution in [1.29, 1.82) is 0 Å². The Labute approximate surface area is 98.2 Å². The fourth-order valence-electron chi connectivity index (χ4n) is 1.48. The largest absolute Gasteiger partial charge is 0.364 e. The van der Waals surface area contributed by atoms with Crippen LogP contribution < -0.4 is 5.32 Å². The smallest absolute Gasteiger partial charge is 0.268 e. The molecular weight excluding hydrogens is 218 g/mol. The first-order valence-corrected chi connectivity index (χ1v) is 5.26. The number of carbonyl (C=O) groups is 2. The van der Waals surface area contributed by atoms with Gasteiger partial charge >= 0.3 is 0 Å². The van der Waals surface area contributed by atoms with Crippen LogP contribution in [0, 0.1) is 0 Å². The summed E-state index contributed by atoms with van der Waals surface area (Å²) in [6.45, 7) is 1.89. The summed E-state index contributed by atoms with van der Waals surface area (Å²) in [4.78, 5) is 28.5. The number of H-pyrrole nitrogens is 2. The Kier molecular flexibility index (Phi) is 3.09. The highest BCUT2D eigenvalue weighted by Gasteiger charge is 2.10. The highest BCUT2D eigenvalue weighted by atomic mass is 16.2. The Morgan fingerprint density at radius 1 is 1.35 bits per heavy atom. The lowest BCUT2D eigenvalue weighted by atomic mass is 10.2. The van der Waals surface area contributed by atoms with Crippen LogP contribution >= 0.6 is 0 Å². The molecule has 0 fully saturated rings. The van der Waals surface area contributed by atoms with Crippen molar-refractivity contribution >= 4 is 11.7 Å². The number of ketones is 1. The van der Waals surface area contributed by atoms with Gasteiger partial charge in [0.2, 0.25) is 0 Å². The van der Waals surface area contributed by atoms with Crippen molar-refractivity contribution in [1.82, 2.24) is 15.3 Å². The van der Waals surface area contributed by atoms with E-state index in [1.807, 2.05) is 12.1 Å². The van der Waals surface area contributed by atoms with Gasteiger partial charge in [0.1, 0.15) is 5.69 Å². The molecular formula is C12H13N3O2. The average Bonchev–Trinajstić information content (AvgIpc) is 2.96. The molecule has 0 aliphatic rings. The zero-order valence-electron chi connectivity index (χ0n) is 9.41. The van der Waals surface area contributed by atoms with Crippen LogP contribution in [0.15, 0.2) is 30.6 Å². The summed E-state index contributed by atoms with van der Waals surface area (Å²) < 4.78 is 0. The van der Waals surface area contributed by atoms with Gasteiger partial charge < -0.3 is 15.3 Å². The van der Waals surface area contributed by atoms with Crippen molar-refractivity contribution in [2.24, 2.45) is 0 Å². The topological polar surface area (TPSA) is 77.8 Å². The zero-order chi connectivity index (χ0) is 12.3. The molecule has 2 heterocycles. The molecule has 0 unspecified atom stereocenters. The molecule has 0 saturated heterocycles. The highest BCUT2D eigenvalue weighted by Crippen LogP contribution is 2.04. The number of amides is 1. The Hall–Kier alpha value is -2.30. The summed E-state index contributed by atoms with van der Waals surface area (Å²) in [5.74, 6) is -0.295. The molecule has 5 nitrogen and oxygen atoms in total. The summed E-state index contributed by atoms with van der Waals surface area (Å²) in [6, 6.07) is 5.30. The van der Waals surface area contributed by atoms with Gasteiger partial charge in [0, 0.05) is 23.7 Å². The minimum absolute atomic E-state index is 0.0651. The first kappa shape index (κ1) is 11.2. The summed E-state index contributed by atoms with van der Waals surface area (Å²) in [5.41, 5.74) is 1.83. The number of hydrogen-bond acceptors (Lipinski definition) is 2. The van der Waals surface area contributed by atoms with E-state index in [9.17, 15) is 9.59 Å². The summed E-state index contributed by atoms with van der Waals surface area (Å²) in [6.07, 6.45) is 3.33. The Balaban J connectivity index is 1.97. The summed E-state index contributed by atoms with van der Waals surface area (Å²) in [5, 5.41) is 2.74. The van der Waals surface area contributed by atoms with Crippen molar-refractivity contribution < 1.29 is 9.59 Å². The third kappa shape index (κ3) is 2.63. The van der Waals surface area contributed by atoms with Crippen molar-refractivity contribution in [2.45, 2.75) is 13.5 Å². The molecule has 0 saturated carbocycles. The van der Waals surface area contributed by atoms with Gasteiger partial charge in [-0.3, -0.25) is 9.59 Å². The summed E-state index contributed by atoms with van der Waals surface area (Å²) in [7, 11) is 0. The first-order valence-electron chi connectivity index (χ1n) is 5.26. The molecule has 5 heteroatoms. The standard InChI is InChI=1S/C12H13N3O2/c1-8(16)9-5-11(14-6-9)12(17)15-7-10-3-2-4-13-10/h2-6,13-14H,7H2,1H3,(H,15,17).